The third kappa shape index (κ3) is 6.08. The van der Waals surface area contributed by atoms with Crippen LogP contribution in [0.2, 0.25) is 0 Å². The van der Waals surface area contributed by atoms with Crippen LogP contribution in [0.1, 0.15) is 73.5 Å². The molecule has 1 amide bonds. The van der Waals surface area contributed by atoms with E-state index < -0.39 is 23.6 Å². The second kappa shape index (κ2) is 10.1. The summed E-state index contributed by atoms with van der Waals surface area (Å²) in [7, 11) is 0. The number of rotatable bonds is 7. The maximum absolute atomic E-state index is 13.4. The third-order valence-corrected chi connectivity index (χ3v) is 5.55. The van der Waals surface area contributed by atoms with Crippen LogP contribution in [0.3, 0.4) is 0 Å². The van der Waals surface area contributed by atoms with E-state index in [2.05, 4.69) is 15.6 Å². The lowest BCUT2D eigenvalue weighted by Gasteiger charge is -2.25. The van der Waals surface area contributed by atoms with E-state index in [4.69, 9.17) is 0 Å². The lowest BCUT2D eigenvalue weighted by molar-refractivity contribution is -0.137. The van der Waals surface area contributed by atoms with Crippen LogP contribution in [0.5, 0.6) is 0 Å². The fraction of sp³-hybridized carbons (Fsp3) is 0.458. The van der Waals surface area contributed by atoms with E-state index in [0.717, 1.165) is 31.4 Å². The minimum atomic E-state index is -4.55. The Morgan fingerprint density at radius 1 is 1.06 bits per heavy atom. The molecular weight excluding hydrogens is 419 g/mol. The van der Waals surface area contributed by atoms with Crippen LogP contribution in [0, 0.1) is 5.92 Å². The lowest BCUT2D eigenvalue weighted by atomic mass is 9.87. The summed E-state index contributed by atoms with van der Waals surface area (Å²) in [4.78, 5) is 30.5. The molecule has 0 aliphatic heterocycles. The number of benzene rings is 1. The number of ketones is 1. The van der Waals surface area contributed by atoms with E-state index >= 15 is 0 Å². The predicted octanol–water partition coefficient (Wildman–Crippen LogP) is 5.54. The maximum atomic E-state index is 13.4. The smallest absolute Gasteiger partial charge is 0.368 e. The van der Waals surface area contributed by atoms with Crippen LogP contribution in [-0.4, -0.2) is 22.7 Å². The van der Waals surface area contributed by atoms with Crippen molar-refractivity contribution >= 4 is 17.5 Å². The highest BCUT2D eigenvalue weighted by Crippen LogP contribution is 2.32. The Bertz CT molecular complexity index is 954. The van der Waals surface area contributed by atoms with Gasteiger partial charge in [0.15, 0.2) is 5.78 Å². The molecule has 0 spiro atoms. The molecule has 172 valence electrons. The number of hydrogen-bond acceptors (Lipinski definition) is 4. The molecule has 1 aliphatic carbocycles. The highest BCUT2D eigenvalue weighted by Gasteiger charge is 2.33. The van der Waals surface area contributed by atoms with Gasteiger partial charge in [0.2, 0.25) is 5.91 Å². The van der Waals surface area contributed by atoms with Crippen molar-refractivity contribution < 1.29 is 22.8 Å². The Hall–Kier alpha value is -2.90. The number of anilines is 1. The molecule has 1 aliphatic rings. The summed E-state index contributed by atoms with van der Waals surface area (Å²) >= 11 is 0. The first kappa shape index (κ1) is 23.8. The molecular formula is C24H28F3N3O2. The molecule has 32 heavy (non-hydrogen) atoms. The Balaban J connectivity index is 1.95. The average molecular weight is 448 g/mol. The Morgan fingerprint density at radius 3 is 2.44 bits per heavy atom. The molecule has 1 atom stereocenters. The van der Waals surface area contributed by atoms with E-state index in [1.165, 1.54) is 24.4 Å². The quantitative estimate of drug-likeness (QED) is 0.547. The van der Waals surface area contributed by atoms with Crippen molar-refractivity contribution in [3.8, 4) is 0 Å². The van der Waals surface area contributed by atoms with Crippen LogP contribution < -0.4 is 10.6 Å². The number of nitrogens with one attached hydrogen (secondary N) is 2. The molecule has 0 saturated heterocycles. The SMILES string of the molecule is CC(C)Nc1cc(C(=O)C(NC(=O)C2CCCCC2)c2cccc(C(F)(F)F)c2)ccn1. The Labute approximate surface area is 185 Å². The van der Waals surface area contributed by atoms with E-state index in [-0.39, 0.29) is 29.0 Å². The van der Waals surface area contributed by atoms with Crippen molar-refractivity contribution in [2.24, 2.45) is 5.92 Å². The van der Waals surface area contributed by atoms with Crippen molar-refractivity contribution in [1.82, 2.24) is 10.3 Å². The number of hydrogen-bond donors (Lipinski definition) is 2. The molecule has 2 aromatic rings. The first-order valence-corrected chi connectivity index (χ1v) is 10.9. The summed E-state index contributed by atoms with van der Waals surface area (Å²) in [6.07, 6.45) is 1.25. The van der Waals surface area contributed by atoms with Gasteiger partial charge < -0.3 is 10.6 Å². The van der Waals surface area contributed by atoms with Crippen LogP contribution in [0.25, 0.3) is 0 Å². The normalized spacial score (nSPS) is 15.9. The fourth-order valence-corrected chi connectivity index (χ4v) is 3.94. The maximum Gasteiger partial charge on any atom is 0.416 e. The number of carbonyl (C=O) groups is 2. The summed E-state index contributed by atoms with van der Waals surface area (Å²) in [5.41, 5.74) is -0.504. The van der Waals surface area contributed by atoms with E-state index in [1.807, 2.05) is 13.8 Å². The van der Waals surface area contributed by atoms with E-state index in [1.54, 1.807) is 6.07 Å². The van der Waals surface area contributed by atoms with Crippen molar-refractivity contribution in [1.29, 1.82) is 0 Å². The number of Topliss-reactive ketones (excluding diaryl/α,β-unsaturated/α-hetero) is 1. The Morgan fingerprint density at radius 2 is 1.78 bits per heavy atom. The number of aromatic nitrogens is 1. The van der Waals surface area contributed by atoms with Gasteiger partial charge in [-0.2, -0.15) is 13.2 Å². The summed E-state index contributed by atoms with van der Waals surface area (Å²) in [6, 6.07) is 6.48. The van der Waals surface area contributed by atoms with Crippen molar-refractivity contribution in [3.63, 3.8) is 0 Å². The summed E-state index contributed by atoms with van der Waals surface area (Å²) in [6.45, 7) is 3.85. The first-order chi connectivity index (χ1) is 15.1. The molecule has 0 bridgehead atoms. The molecule has 2 N–H and O–H groups in total. The van der Waals surface area contributed by atoms with Gasteiger partial charge in [-0.05, 0) is 56.5 Å². The molecule has 1 unspecified atom stereocenters. The minimum absolute atomic E-state index is 0.0816. The molecule has 1 heterocycles. The van der Waals surface area contributed by atoms with Crippen molar-refractivity contribution in [3.05, 3.63) is 59.3 Å². The topological polar surface area (TPSA) is 71.1 Å². The molecule has 1 aromatic carbocycles. The zero-order chi connectivity index (χ0) is 23.3. The van der Waals surface area contributed by atoms with Crippen molar-refractivity contribution in [2.45, 2.75) is 64.2 Å². The second-order valence-electron chi connectivity index (χ2n) is 8.49. The van der Waals surface area contributed by atoms with Gasteiger partial charge >= 0.3 is 6.18 Å². The number of alkyl halides is 3. The molecule has 3 rings (SSSR count). The lowest BCUT2D eigenvalue weighted by Crippen LogP contribution is -2.38. The van der Waals surface area contributed by atoms with Crippen LogP contribution in [0.15, 0.2) is 42.6 Å². The molecule has 5 nitrogen and oxygen atoms in total. The predicted molar refractivity (Wildman–Crippen MR) is 116 cm³/mol. The zero-order valence-electron chi connectivity index (χ0n) is 18.2. The molecule has 1 fully saturated rings. The summed E-state index contributed by atoms with van der Waals surface area (Å²) in [5, 5.41) is 5.84. The van der Waals surface area contributed by atoms with Gasteiger partial charge in [-0.15, -0.1) is 0 Å². The van der Waals surface area contributed by atoms with Gasteiger partial charge in [0.25, 0.3) is 0 Å². The number of pyridine rings is 1. The van der Waals surface area contributed by atoms with Crippen LogP contribution in [0.4, 0.5) is 19.0 Å². The minimum Gasteiger partial charge on any atom is -0.368 e. The molecule has 0 radical (unpaired) electrons. The van der Waals surface area contributed by atoms with Gasteiger partial charge in [-0.1, -0.05) is 31.4 Å². The number of carbonyl (C=O) groups excluding carboxylic acids is 2. The second-order valence-corrected chi connectivity index (χ2v) is 8.49. The molecule has 1 aromatic heterocycles. The fourth-order valence-electron chi connectivity index (χ4n) is 3.94. The van der Waals surface area contributed by atoms with Crippen LogP contribution in [-0.2, 0) is 11.0 Å². The monoisotopic (exact) mass is 447 g/mol. The first-order valence-electron chi connectivity index (χ1n) is 10.9. The zero-order valence-corrected chi connectivity index (χ0v) is 18.2. The summed E-state index contributed by atoms with van der Waals surface area (Å²) in [5.74, 6) is -0.537. The highest BCUT2D eigenvalue weighted by atomic mass is 19.4. The largest absolute Gasteiger partial charge is 0.416 e. The average Bonchev–Trinajstić information content (AvgIpc) is 2.76. The molecule has 8 heteroatoms. The summed E-state index contributed by atoms with van der Waals surface area (Å²) < 4.78 is 39.9. The van der Waals surface area contributed by atoms with Gasteiger partial charge in [0.05, 0.1) is 5.56 Å². The van der Waals surface area contributed by atoms with E-state index in [9.17, 15) is 22.8 Å². The van der Waals surface area contributed by atoms with Crippen LogP contribution >= 0.6 is 0 Å². The van der Waals surface area contributed by atoms with Gasteiger partial charge in [-0.3, -0.25) is 9.59 Å². The van der Waals surface area contributed by atoms with Gasteiger partial charge in [-0.25, -0.2) is 4.98 Å². The Kier molecular flexibility index (Phi) is 7.53. The highest BCUT2D eigenvalue weighted by molar-refractivity contribution is 6.03. The number of halogens is 3. The molecule has 1 saturated carbocycles. The van der Waals surface area contributed by atoms with E-state index in [0.29, 0.717) is 18.7 Å². The van der Waals surface area contributed by atoms with Crippen molar-refractivity contribution in [2.75, 3.05) is 5.32 Å². The standard InChI is InChI=1S/C24H28F3N3O2/c1-15(2)29-20-14-18(11-12-28-20)22(31)21(30-23(32)16-7-4-3-5-8-16)17-9-6-10-19(13-17)24(25,26)27/h6,9-16,21H,3-5,7-8H2,1-2H3,(H,28,29)(H,30,32). The van der Waals surface area contributed by atoms with Gasteiger partial charge in [0.1, 0.15) is 11.9 Å². The third-order valence-electron chi connectivity index (χ3n) is 5.55. The van der Waals surface area contributed by atoms with Gasteiger partial charge in [0, 0.05) is 23.7 Å². The number of amides is 1. The number of nitrogens with zero attached hydrogens (tertiary/aromatic N) is 1.